The van der Waals surface area contributed by atoms with Crippen LogP contribution in [0.3, 0.4) is 0 Å². The number of benzene rings is 2. The number of nitrogens with zero attached hydrogens (tertiary/aromatic N) is 1. The lowest BCUT2D eigenvalue weighted by Gasteiger charge is -2.24. The minimum absolute atomic E-state index is 0.249. The summed E-state index contributed by atoms with van der Waals surface area (Å²) in [5, 5.41) is 9.96. The third kappa shape index (κ3) is 4.61. The third-order valence-electron chi connectivity index (χ3n) is 4.74. The van der Waals surface area contributed by atoms with Gasteiger partial charge in [0.15, 0.2) is 0 Å². The highest BCUT2D eigenvalue weighted by molar-refractivity contribution is 9.10. The molecular weight excluding hydrogens is 380 g/mol. The van der Waals surface area contributed by atoms with Crippen LogP contribution >= 0.6 is 15.9 Å². The molecule has 1 fully saturated rings. The molecule has 132 valence electrons. The molecule has 0 bridgehead atoms. The zero-order valence-electron chi connectivity index (χ0n) is 14.4. The van der Waals surface area contributed by atoms with Gasteiger partial charge in [-0.25, -0.2) is 0 Å². The Kier molecular flexibility index (Phi) is 6.10. The molecule has 1 atom stereocenters. The summed E-state index contributed by atoms with van der Waals surface area (Å²) in [7, 11) is 1.70. The number of quaternary nitrogens is 1. The quantitative estimate of drug-likeness (QED) is 0.728. The first kappa shape index (κ1) is 18.0. The smallest absolute Gasteiger partial charge is 0.133 e. The van der Waals surface area contributed by atoms with E-state index in [4.69, 9.17) is 4.74 Å². The van der Waals surface area contributed by atoms with Gasteiger partial charge in [0, 0.05) is 34.7 Å². The van der Waals surface area contributed by atoms with Crippen LogP contribution in [0.4, 0.5) is 0 Å². The molecule has 0 saturated carbocycles. The number of hydrogen-bond acceptors (Lipinski definition) is 3. The van der Waals surface area contributed by atoms with Gasteiger partial charge in [-0.05, 0) is 30.3 Å². The maximum absolute atomic E-state index is 9.96. The SMILES string of the molecule is COc1cccc([C@H](CN=Cc2cc(Br)ccc2O)[NH+]2CCCC2)c1. The minimum atomic E-state index is 0.249. The molecule has 0 spiro atoms. The second-order valence-corrected chi connectivity index (χ2v) is 7.31. The van der Waals surface area contributed by atoms with Crippen molar-refractivity contribution in [2.24, 2.45) is 4.99 Å². The summed E-state index contributed by atoms with van der Waals surface area (Å²) in [5.41, 5.74) is 1.99. The molecule has 0 aliphatic carbocycles. The summed E-state index contributed by atoms with van der Waals surface area (Å²) >= 11 is 3.43. The van der Waals surface area contributed by atoms with Crippen molar-refractivity contribution in [3.8, 4) is 11.5 Å². The number of methoxy groups -OCH3 is 1. The summed E-state index contributed by atoms with van der Waals surface area (Å²) in [6, 6.07) is 14.0. The zero-order valence-corrected chi connectivity index (χ0v) is 16.0. The maximum Gasteiger partial charge on any atom is 0.133 e. The first-order valence-electron chi connectivity index (χ1n) is 8.64. The van der Waals surface area contributed by atoms with E-state index in [0.29, 0.717) is 12.6 Å². The van der Waals surface area contributed by atoms with Crippen LogP contribution in [0.2, 0.25) is 0 Å². The lowest BCUT2D eigenvalue weighted by molar-refractivity contribution is -0.918. The van der Waals surface area contributed by atoms with Crippen molar-refractivity contribution < 1.29 is 14.7 Å². The molecule has 0 radical (unpaired) electrons. The molecule has 2 aromatic rings. The van der Waals surface area contributed by atoms with Crippen molar-refractivity contribution in [2.75, 3.05) is 26.7 Å². The van der Waals surface area contributed by atoms with Crippen LogP contribution in [0.1, 0.15) is 30.0 Å². The molecule has 0 amide bonds. The molecular formula is C20H24BrN2O2+. The fourth-order valence-corrected chi connectivity index (χ4v) is 3.77. The van der Waals surface area contributed by atoms with Crippen LogP contribution in [-0.2, 0) is 0 Å². The molecule has 1 aliphatic heterocycles. The Morgan fingerprint density at radius 1 is 1.24 bits per heavy atom. The van der Waals surface area contributed by atoms with Gasteiger partial charge in [0.25, 0.3) is 0 Å². The van der Waals surface area contributed by atoms with E-state index in [9.17, 15) is 5.11 Å². The summed E-state index contributed by atoms with van der Waals surface area (Å²) in [6.07, 6.45) is 4.31. The van der Waals surface area contributed by atoms with Crippen LogP contribution in [0, 0.1) is 0 Å². The lowest BCUT2D eigenvalue weighted by atomic mass is 10.1. The Morgan fingerprint density at radius 2 is 2.04 bits per heavy atom. The van der Waals surface area contributed by atoms with Gasteiger partial charge >= 0.3 is 0 Å². The third-order valence-corrected chi connectivity index (χ3v) is 5.24. The van der Waals surface area contributed by atoms with Crippen molar-refractivity contribution in [1.82, 2.24) is 0 Å². The Labute approximate surface area is 157 Å². The fourth-order valence-electron chi connectivity index (χ4n) is 3.39. The number of likely N-dealkylation sites (tertiary alicyclic amines) is 1. The highest BCUT2D eigenvalue weighted by atomic mass is 79.9. The van der Waals surface area contributed by atoms with Gasteiger partial charge < -0.3 is 14.7 Å². The molecule has 0 aromatic heterocycles. The zero-order chi connectivity index (χ0) is 17.6. The molecule has 4 nitrogen and oxygen atoms in total. The first-order valence-corrected chi connectivity index (χ1v) is 9.43. The molecule has 1 aliphatic rings. The van der Waals surface area contributed by atoms with Crippen LogP contribution in [0.5, 0.6) is 11.5 Å². The van der Waals surface area contributed by atoms with Crippen molar-refractivity contribution >= 4 is 22.1 Å². The highest BCUT2D eigenvalue weighted by Crippen LogP contribution is 2.21. The molecule has 25 heavy (non-hydrogen) atoms. The summed E-state index contributed by atoms with van der Waals surface area (Å²) in [6.45, 7) is 3.05. The first-order chi connectivity index (χ1) is 12.2. The van der Waals surface area contributed by atoms with Crippen LogP contribution in [-0.4, -0.2) is 38.1 Å². The van der Waals surface area contributed by atoms with E-state index < -0.39 is 0 Å². The van der Waals surface area contributed by atoms with Gasteiger partial charge in [0.05, 0.1) is 26.7 Å². The van der Waals surface area contributed by atoms with E-state index in [-0.39, 0.29) is 5.75 Å². The number of aromatic hydroxyl groups is 1. The Morgan fingerprint density at radius 3 is 2.80 bits per heavy atom. The van der Waals surface area contributed by atoms with E-state index >= 15 is 0 Å². The van der Waals surface area contributed by atoms with Crippen LogP contribution in [0.25, 0.3) is 0 Å². The Hall–Kier alpha value is -1.85. The normalized spacial score (nSPS) is 16.4. The fraction of sp³-hybridized carbons (Fsp3) is 0.350. The topological polar surface area (TPSA) is 46.3 Å². The van der Waals surface area contributed by atoms with E-state index in [0.717, 1.165) is 15.8 Å². The predicted molar refractivity (Wildman–Crippen MR) is 104 cm³/mol. The number of phenols is 1. The van der Waals surface area contributed by atoms with E-state index in [2.05, 4.69) is 33.1 Å². The molecule has 0 unspecified atom stereocenters. The number of aliphatic imine (C=N–C) groups is 1. The van der Waals surface area contributed by atoms with Gasteiger partial charge in [-0.3, -0.25) is 4.99 Å². The summed E-state index contributed by atoms with van der Waals surface area (Å²) < 4.78 is 6.32. The highest BCUT2D eigenvalue weighted by Gasteiger charge is 2.27. The molecule has 1 saturated heterocycles. The summed E-state index contributed by atoms with van der Waals surface area (Å²) in [4.78, 5) is 6.23. The number of ether oxygens (including phenoxy) is 1. The number of nitrogens with one attached hydrogen (secondary N) is 1. The second kappa shape index (κ2) is 8.50. The lowest BCUT2D eigenvalue weighted by Crippen LogP contribution is -3.10. The largest absolute Gasteiger partial charge is 0.507 e. The van der Waals surface area contributed by atoms with Crippen molar-refractivity contribution in [3.63, 3.8) is 0 Å². The number of halogens is 1. The van der Waals surface area contributed by atoms with Gasteiger partial charge in [-0.15, -0.1) is 0 Å². The predicted octanol–water partition coefficient (Wildman–Crippen LogP) is 3.00. The summed E-state index contributed by atoms with van der Waals surface area (Å²) in [5.74, 6) is 1.13. The second-order valence-electron chi connectivity index (χ2n) is 6.39. The van der Waals surface area contributed by atoms with Gasteiger partial charge in [0.1, 0.15) is 17.5 Å². The standard InChI is InChI=1S/C20H23BrN2O2/c1-25-18-6-4-5-15(12-18)19(23-9-2-3-10-23)14-22-13-16-11-17(21)7-8-20(16)24/h4-8,11-13,19,24H,2-3,9-10,14H2,1H3/p+1/t19-/m0/s1. The Balaban J connectivity index is 1.80. The van der Waals surface area contributed by atoms with Gasteiger partial charge in [-0.1, -0.05) is 28.1 Å². The maximum atomic E-state index is 9.96. The van der Waals surface area contributed by atoms with E-state index in [1.54, 1.807) is 24.3 Å². The van der Waals surface area contributed by atoms with Crippen molar-refractivity contribution in [1.29, 1.82) is 0 Å². The average molecular weight is 404 g/mol. The molecule has 3 rings (SSSR count). The molecule has 5 heteroatoms. The van der Waals surface area contributed by atoms with E-state index in [1.807, 2.05) is 24.3 Å². The monoisotopic (exact) mass is 403 g/mol. The van der Waals surface area contributed by atoms with Crippen molar-refractivity contribution in [2.45, 2.75) is 18.9 Å². The number of phenolic OH excluding ortho intramolecular Hbond substituents is 1. The van der Waals surface area contributed by atoms with Gasteiger partial charge in [0.2, 0.25) is 0 Å². The molecule has 2 N–H and O–H groups in total. The number of hydrogen-bond donors (Lipinski definition) is 2. The minimum Gasteiger partial charge on any atom is -0.507 e. The van der Waals surface area contributed by atoms with Crippen molar-refractivity contribution in [3.05, 3.63) is 58.1 Å². The Bertz CT molecular complexity index is 742. The molecule has 1 heterocycles. The average Bonchev–Trinajstić information content (AvgIpc) is 3.16. The number of rotatable bonds is 6. The van der Waals surface area contributed by atoms with Gasteiger partial charge in [-0.2, -0.15) is 0 Å². The molecule has 2 aromatic carbocycles. The van der Waals surface area contributed by atoms with Crippen LogP contribution in [0.15, 0.2) is 51.9 Å². The van der Waals surface area contributed by atoms with Crippen LogP contribution < -0.4 is 9.64 Å². The van der Waals surface area contributed by atoms with E-state index in [1.165, 1.54) is 31.5 Å².